The molecule has 0 spiro atoms. The maximum Gasteiger partial charge on any atom is 0.259 e. The molecule has 158 valence electrons. The van der Waals surface area contributed by atoms with Crippen molar-refractivity contribution in [3.63, 3.8) is 0 Å². The van der Waals surface area contributed by atoms with Gasteiger partial charge in [-0.2, -0.15) is 0 Å². The smallest absolute Gasteiger partial charge is 0.259 e. The lowest BCUT2D eigenvalue weighted by molar-refractivity contribution is -0.0227. The predicted octanol–water partition coefficient (Wildman–Crippen LogP) is 4.32. The molecule has 1 unspecified atom stereocenters. The van der Waals surface area contributed by atoms with Crippen molar-refractivity contribution in [3.05, 3.63) is 40.8 Å². The Morgan fingerprint density at radius 1 is 1.27 bits per heavy atom. The number of halogens is 1. The maximum atomic E-state index is 14.0. The molecule has 30 heavy (non-hydrogen) atoms. The maximum absolute atomic E-state index is 14.0. The normalized spacial score (nSPS) is 19.0. The van der Waals surface area contributed by atoms with Crippen LogP contribution in [0.1, 0.15) is 40.9 Å². The number of amides is 1. The molecule has 9 heteroatoms. The van der Waals surface area contributed by atoms with Crippen LogP contribution in [-0.2, 0) is 4.74 Å². The summed E-state index contributed by atoms with van der Waals surface area (Å²) in [5, 5.41) is 3.94. The van der Waals surface area contributed by atoms with Crippen molar-refractivity contribution < 1.29 is 18.7 Å². The summed E-state index contributed by atoms with van der Waals surface area (Å²) in [6.45, 7) is 1.81. The standard InChI is InChI=1S/C21H23FN4O3S/c1-11-17-20(24-10-25-21(17)30-18(11)19(23)27)26-13-8-7-12(22)9-16(13)29-15-6-4-3-5-14(15)28-2/h7-10,14-15H,3-6H2,1-2H3,(H2,23,27)(H,24,25,26)/t14-,15?/m0/s1. The molecule has 1 aliphatic rings. The van der Waals surface area contributed by atoms with Crippen molar-refractivity contribution in [2.24, 2.45) is 5.73 Å². The highest BCUT2D eigenvalue weighted by atomic mass is 32.1. The number of nitrogens with one attached hydrogen (secondary N) is 1. The van der Waals surface area contributed by atoms with E-state index in [0.717, 1.165) is 25.7 Å². The minimum atomic E-state index is -0.504. The van der Waals surface area contributed by atoms with Gasteiger partial charge in [-0.05, 0) is 43.9 Å². The van der Waals surface area contributed by atoms with Crippen LogP contribution in [0.5, 0.6) is 5.75 Å². The largest absolute Gasteiger partial charge is 0.485 e. The van der Waals surface area contributed by atoms with Crippen LogP contribution < -0.4 is 15.8 Å². The average molecular weight is 431 g/mol. The van der Waals surface area contributed by atoms with Crippen LogP contribution in [0.4, 0.5) is 15.9 Å². The number of aryl methyl sites for hydroxylation is 1. The summed E-state index contributed by atoms with van der Waals surface area (Å²) in [6, 6.07) is 4.33. The van der Waals surface area contributed by atoms with Crippen molar-refractivity contribution in [1.29, 1.82) is 0 Å². The molecule has 1 amide bonds. The van der Waals surface area contributed by atoms with Crippen molar-refractivity contribution in [2.75, 3.05) is 12.4 Å². The summed E-state index contributed by atoms with van der Waals surface area (Å²) < 4.78 is 25.8. The predicted molar refractivity (Wildman–Crippen MR) is 114 cm³/mol. The number of fused-ring (bicyclic) bond motifs is 1. The van der Waals surface area contributed by atoms with Crippen LogP contribution in [0.25, 0.3) is 10.2 Å². The number of primary amides is 1. The number of methoxy groups -OCH3 is 1. The second kappa shape index (κ2) is 8.53. The molecule has 3 aromatic rings. The third-order valence-electron chi connectivity index (χ3n) is 5.37. The van der Waals surface area contributed by atoms with Gasteiger partial charge in [-0.15, -0.1) is 11.3 Å². The van der Waals surface area contributed by atoms with Crippen molar-refractivity contribution in [1.82, 2.24) is 9.97 Å². The molecule has 0 aliphatic heterocycles. The number of benzene rings is 1. The van der Waals surface area contributed by atoms with Gasteiger partial charge in [-0.25, -0.2) is 14.4 Å². The number of rotatable bonds is 6. The Labute approximate surface area is 177 Å². The zero-order valence-electron chi connectivity index (χ0n) is 16.8. The fourth-order valence-corrected chi connectivity index (χ4v) is 4.86. The van der Waals surface area contributed by atoms with E-state index >= 15 is 0 Å². The molecule has 2 heterocycles. The van der Waals surface area contributed by atoms with E-state index in [1.165, 1.54) is 29.8 Å². The van der Waals surface area contributed by atoms with Gasteiger partial charge >= 0.3 is 0 Å². The van der Waals surface area contributed by atoms with Gasteiger partial charge in [0.1, 0.15) is 34.6 Å². The Kier molecular flexibility index (Phi) is 5.83. The molecule has 0 bridgehead atoms. The molecule has 1 fully saturated rings. The first-order valence-electron chi connectivity index (χ1n) is 9.78. The van der Waals surface area contributed by atoms with Crippen LogP contribution in [0.15, 0.2) is 24.5 Å². The highest BCUT2D eigenvalue weighted by Gasteiger charge is 2.28. The quantitative estimate of drug-likeness (QED) is 0.604. The van der Waals surface area contributed by atoms with E-state index in [0.29, 0.717) is 37.9 Å². The summed E-state index contributed by atoms with van der Waals surface area (Å²) >= 11 is 1.22. The zero-order valence-corrected chi connectivity index (χ0v) is 17.6. The number of hydrogen-bond acceptors (Lipinski definition) is 7. The van der Waals surface area contributed by atoms with E-state index in [9.17, 15) is 9.18 Å². The number of thiophene rings is 1. The second-order valence-corrected chi connectivity index (χ2v) is 8.30. The van der Waals surface area contributed by atoms with E-state index in [1.54, 1.807) is 20.1 Å². The monoisotopic (exact) mass is 430 g/mol. The van der Waals surface area contributed by atoms with E-state index < -0.39 is 11.7 Å². The molecule has 1 aromatic carbocycles. The minimum Gasteiger partial charge on any atom is -0.485 e. The lowest BCUT2D eigenvalue weighted by atomic mass is 9.94. The second-order valence-electron chi connectivity index (χ2n) is 7.30. The third kappa shape index (κ3) is 3.95. The zero-order chi connectivity index (χ0) is 21.3. The Balaban J connectivity index is 1.70. The van der Waals surface area contributed by atoms with Crippen LogP contribution in [0.3, 0.4) is 0 Å². The Hall–Kier alpha value is -2.78. The number of anilines is 2. The number of hydrogen-bond donors (Lipinski definition) is 2. The number of carbonyl (C=O) groups excluding carboxylic acids is 1. The molecule has 0 saturated heterocycles. The highest BCUT2D eigenvalue weighted by Crippen LogP contribution is 2.37. The summed E-state index contributed by atoms with van der Waals surface area (Å²) in [7, 11) is 1.67. The number of nitrogens with zero attached hydrogens (tertiary/aromatic N) is 2. The molecule has 0 radical (unpaired) electrons. The number of aromatic nitrogens is 2. The molecule has 1 saturated carbocycles. The first-order valence-corrected chi connectivity index (χ1v) is 10.6. The van der Waals surface area contributed by atoms with E-state index in [2.05, 4.69) is 15.3 Å². The van der Waals surface area contributed by atoms with Gasteiger partial charge < -0.3 is 20.5 Å². The molecule has 1 aliphatic carbocycles. The van der Waals surface area contributed by atoms with Gasteiger partial charge in [0, 0.05) is 13.2 Å². The number of nitrogens with two attached hydrogens (primary N) is 1. The lowest BCUT2D eigenvalue weighted by Gasteiger charge is -2.31. The molecular weight excluding hydrogens is 407 g/mol. The van der Waals surface area contributed by atoms with Gasteiger partial charge in [-0.1, -0.05) is 6.42 Å². The van der Waals surface area contributed by atoms with Gasteiger partial charge in [0.25, 0.3) is 5.91 Å². The van der Waals surface area contributed by atoms with Crippen molar-refractivity contribution >= 4 is 39.0 Å². The van der Waals surface area contributed by atoms with Crippen molar-refractivity contribution in [3.8, 4) is 5.75 Å². The fraction of sp³-hybridized carbons (Fsp3) is 0.381. The Morgan fingerprint density at radius 3 is 2.77 bits per heavy atom. The van der Waals surface area contributed by atoms with Gasteiger partial charge in [-0.3, -0.25) is 4.79 Å². The summed E-state index contributed by atoms with van der Waals surface area (Å²) in [5.41, 5.74) is 6.76. The summed E-state index contributed by atoms with van der Waals surface area (Å²) in [4.78, 5) is 21.4. The van der Waals surface area contributed by atoms with Crippen molar-refractivity contribution in [2.45, 2.75) is 44.8 Å². The Morgan fingerprint density at radius 2 is 2.03 bits per heavy atom. The van der Waals surface area contributed by atoms with Crippen LogP contribution in [-0.4, -0.2) is 35.2 Å². The molecular formula is C21H23FN4O3S. The first-order chi connectivity index (χ1) is 14.5. The molecule has 2 atom stereocenters. The fourth-order valence-electron chi connectivity index (χ4n) is 3.86. The van der Waals surface area contributed by atoms with Crippen LogP contribution in [0.2, 0.25) is 0 Å². The summed E-state index contributed by atoms with van der Waals surface area (Å²) in [6.07, 6.45) is 5.12. The molecule has 4 rings (SSSR count). The molecule has 7 nitrogen and oxygen atoms in total. The molecule has 2 aromatic heterocycles. The Bertz CT molecular complexity index is 1090. The van der Waals surface area contributed by atoms with Gasteiger partial charge in [0.05, 0.1) is 22.1 Å². The SMILES string of the molecule is CO[C@H]1CCCCC1Oc1cc(F)ccc1Nc1ncnc2sc(C(N)=O)c(C)c12. The number of carbonyl (C=O) groups is 1. The number of ether oxygens (including phenoxy) is 2. The van der Waals surface area contributed by atoms with E-state index in [1.807, 2.05) is 0 Å². The lowest BCUT2D eigenvalue weighted by Crippen LogP contribution is -2.36. The first kappa shape index (κ1) is 20.5. The van der Waals surface area contributed by atoms with Crippen LogP contribution in [0, 0.1) is 12.7 Å². The topological polar surface area (TPSA) is 99.4 Å². The van der Waals surface area contributed by atoms with Crippen LogP contribution >= 0.6 is 11.3 Å². The third-order valence-corrected chi connectivity index (χ3v) is 6.58. The van der Waals surface area contributed by atoms with Gasteiger partial charge in [0.2, 0.25) is 0 Å². The summed E-state index contributed by atoms with van der Waals surface area (Å²) in [5.74, 6) is -0.00517. The van der Waals surface area contributed by atoms with E-state index in [4.69, 9.17) is 15.2 Å². The van der Waals surface area contributed by atoms with Gasteiger partial charge in [0.15, 0.2) is 0 Å². The average Bonchev–Trinajstić information content (AvgIpc) is 3.08. The highest BCUT2D eigenvalue weighted by molar-refractivity contribution is 7.20. The minimum absolute atomic E-state index is 0.0298. The van der Waals surface area contributed by atoms with E-state index in [-0.39, 0.29) is 12.2 Å². The molecule has 3 N–H and O–H groups in total.